The van der Waals surface area contributed by atoms with Gasteiger partial charge in [-0.3, -0.25) is 5.32 Å². The first-order chi connectivity index (χ1) is 14.5. The molecule has 1 atom stereocenters. The maximum absolute atomic E-state index is 5.66. The smallest absolute Gasteiger partial charge is 0.229 e. The third-order valence-corrected chi connectivity index (χ3v) is 5.55. The predicted octanol–water partition coefficient (Wildman–Crippen LogP) is 2.67. The lowest BCUT2D eigenvalue weighted by molar-refractivity contribution is 0.114. The second kappa shape index (κ2) is 9.49. The molecular formula is C22H28N6OS. The molecule has 1 aromatic heterocycles. The number of anilines is 1. The van der Waals surface area contributed by atoms with Crippen LogP contribution in [-0.4, -0.2) is 46.3 Å². The minimum atomic E-state index is 0.143. The highest BCUT2D eigenvalue weighted by Crippen LogP contribution is 2.23. The number of nitrogens with zero attached hydrogens (tertiary/aromatic N) is 3. The summed E-state index contributed by atoms with van der Waals surface area (Å²) in [6.45, 7) is 5.41. The van der Waals surface area contributed by atoms with Gasteiger partial charge in [0.1, 0.15) is 0 Å². The second-order valence-electron chi connectivity index (χ2n) is 7.88. The number of ether oxygens (including phenoxy) is 1. The molecule has 1 fully saturated rings. The topological polar surface area (TPSA) is 83.5 Å². The highest BCUT2D eigenvalue weighted by Gasteiger charge is 2.22. The second-order valence-corrected chi connectivity index (χ2v) is 8.29. The molecule has 1 aromatic carbocycles. The maximum Gasteiger partial charge on any atom is 0.229 e. The lowest BCUT2D eigenvalue weighted by atomic mass is 10.1. The third kappa shape index (κ3) is 5.52. The Morgan fingerprint density at radius 3 is 2.50 bits per heavy atom. The van der Waals surface area contributed by atoms with E-state index in [-0.39, 0.29) is 12.1 Å². The fourth-order valence-electron chi connectivity index (χ4n) is 3.96. The molecule has 8 heteroatoms. The van der Waals surface area contributed by atoms with E-state index in [0.29, 0.717) is 23.6 Å². The number of aryl methyl sites for hydroxylation is 2. The molecular weight excluding hydrogens is 396 g/mol. The summed E-state index contributed by atoms with van der Waals surface area (Å²) in [5.74, 6) is 1.07. The molecule has 0 amide bonds. The first-order valence-corrected chi connectivity index (χ1v) is 10.9. The predicted molar refractivity (Wildman–Crippen MR) is 123 cm³/mol. The number of hydrogen-bond acceptors (Lipinski definition) is 5. The van der Waals surface area contributed by atoms with Gasteiger partial charge in [-0.2, -0.15) is 0 Å². The molecule has 158 valence electrons. The zero-order valence-electron chi connectivity index (χ0n) is 17.4. The van der Waals surface area contributed by atoms with Gasteiger partial charge in [0.05, 0.1) is 12.1 Å². The zero-order valence-corrected chi connectivity index (χ0v) is 18.3. The van der Waals surface area contributed by atoms with Gasteiger partial charge in [0.25, 0.3) is 0 Å². The minimum absolute atomic E-state index is 0.143. The van der Waals surface area contributed by atoms with Crippen molar-refractivity contribution in [2.45, 2.75) is 51.7 Å². The summed E-state index contributed by atoms with van der Waals surface area (Å²) in [6.07, 6.45) is 4.20. The van der Waals surface area contributed by atoms with Crippen molar-refractivity contribution in [3.05, 3.63) is 52.8 Å². The molecule has 3 N–H and O–H groups in total. The van der Waals surface area contributed by atoms with Crippen molar-refractivity contribution in [1.29, 1.82) is 0 Å². The highest BCUT2D eigenvalue weighted by atomic mass is 32.1. The van der Waals surface area contributed by atoms with Gasteiger partial charge in [-0.1, -0.05) is 24.3 Å². The largest absolute Gasteiger partial charge is 0.376 e. The molecule has 0 spiro atoms. The van der Waals surface area contributed by atoms with Crippen molar-refractivity contribution >= 4 is 29.2 Å². The van der Waals surface area contributed by atoms with Gasteiger partial charge >= 0.3 is 0 Å². The summed E-state index contributed by atoms with van der Waals surface area (Å²) in [5, 5.41) is 10.2. The average molecular weight is 425 g/mol. The standard InChI is InChI=1S/C22H28N6OS/c1-14-10-15(2)25-20(24-14)27-21(28-22(30)23-13-19-8-5-9-29-19)26-18-11-16-6-3-4-7-17(16)12-18/h3-4,6-7,10,18-19H,5,8-9,11-13H2,1-2H3,(H3,23,24,25,26,27,28,30). The Morgan fingerprint density at radius 2 is 1.87 bits per heavy atom. The van der Waals surface area contributed by atoms with Gasteiger partial charge in [-0.25, -0.2) is 15.0 Å². The van der Waals surface area contributed by atoms with Crippen molar-refractivity contribution in [2.24, 2.45) is 4.99 Å². The van der Waals surface area contributed by atoms with Crippen LogP contribution in [0.5, 0.6) is 0 Å². The lowest BCUT2D eigenvalue weighted by Gasteiger charge is -2.17. The van der Waals surface area contributed by atoms with Crippen molar-refractivity contribution < 1.29 is 4.74 Å². The molecule has 0 saturated carbocycles. The Balaban J connectivity index is 1.46. The van der Waals surface area contributed by atoms with Crippen LogP contribution in [-0.2, 0) is 17.6 Å². The van der Waals surface area contributed by atoms with Crippen molar-refractivity contribution in [1.82, 2.24) is 20.6 Å². The molecule has 1 unspecified atom stereocenters. The number of rotatable bonds is 4. The lowest BCUT2D eigenvalue weighted by Crippen LogP contribution is -2.45. The van der Waals surface area contributed by atoms with E-state index in [2.05, 4.69) is 50.2 Å². The Bertz CT molecular complexity index is 896. The van der Waals surface area contributed by atoms with Gasteiger partial charge in [-0.15, -0.1) is 0 Å². The van der Waals surface area contributed by atoms with E-state index >= 15 is 0 Å². The molecule has 0 bridgehead atoms. The molecule has 0 radical (unpaired) electrons. The number of fused-ring (bicyclic) bond motifs is 1. The Morgan fingerprint density at radius 1 is 1.17 bits per heavy atom. The maximum atomic E-state index is 5.66. The highest BCUT2D eigenvalue weighted by molar-refractivity contribution is 7.80. The summed E-state index contributed by atoms with van der Waals surface area (Å²) in [7, 11) is 0. The molecule has 2 heterocycles. The number of aromatic nitrogens is 2. The zero-order chi connectivity index (χ0) is 20.9. The van der Waals surface area contributed by atoms with E-state index < -0.39 is 0 Å². The average Bonchev–Trinajstić information content (AvgIpc) is 3.34. The van der Waals surface area contributed by atoms with Crippen LogP contribution in [0.1, 0.15) is 35.4 Å². The van der Waals surface area contributed by atoms with E-state index in [4.69, 9.17) is 21.9 Å². The van der Waals surface area contributed by atoms with Gasteiger partial charge in [0, 0.05) is 24.5 Å². The Hall–Kier alpha value is -2.58. The fraction of sp³-hybridized carbons (Fsp3) is 0.455. The van der Waals surface area contributed by atoms with E-state index in [1.54, 1.807) is 0 Å². The number of hydrogen-bond donors (Lipinski definition) is 3. The third-order valence-electron chi connectivity index (χ3n) is 5.30. The normalized spacial score (nSPS) is 18.9. The molecule has 2 aliphatic rings. The first kappa shape index (κ1) is 20.7. The quantitative estimate of drug-likeness (QED) is 0.395. The van der Waals surface area contributed by atoms with Gasteiger partial charge in [0.2, 0.25) is 11.9 Å². The van der Waals surface area contributed by atoms with Gasteiger partial charge in [-0.05, 0) is 68.9 Å². The fourth-order valence-corrected chi connectivity index (χ4v) is 4.14. The number of guanidine groups is 1. The first-order valence-electron chi connectivity index (χ1n) is 10.5. The summed E-state index contributed by atoms with van der Waals surface area (Å²) in [5.41, 5.74) is 4.51. The number of nitrogens with one attached hydrogen (secondary N) is 3. The van der Waals surface area contributed by atoms with Crippen LogP contribution in [0.3, 0.4) is 0 Å². The Kier molecular flexibility index (Phi) is 6.54. The summed E-state index contributed by atoms with van der Waals surface area (Å²) < 4.78 is 5.66. The van der Waals surface area contributed by atoms with Crippen molar-refractivity contribution in [2.75, 3.05) is 18.5 Å². The molecule has 4 rings (SSSR count). The monoisotopic (exact) mass is 424 g/mol. The summed E-state index contributed by atoms with van der Waals surface area (Å²) in [6, 6.07) is 10.6. The molecule has 30 heavy (non-hydrogen) atoms. The van der Waals surface area contributed by atoms with E-state index in [1.807, 2.05) is 19.9 Å². The van der Waals surface area contributed by atoms with Crippen LogP contribution in [0.15, 0.2) is 35.3 Å². The van der Waals surface area contributed by atoms with Crippen LogP contribution in [0, 0.1) is 13.8 Å². The van der Waals surface area contributed by atoms with Gasteiger partial charge in [0.15, 0.2) is 5.11 Å². The van der Waals surface area contributed by atoms with Crippen molar-refractivity contribution in [3.63, 3.8) is 0 Å². The van der Waals surface area contributed by atoms with Crippen LogP contribution in [0.25, 0.3) is 0 Å². The molecule has 1 aliphatic carbocycles. The number of benzene rings is 1. The molecule has 1 aliphatic heterocycles. The summed E-state index contributed by atoms with van der Waals surface area (Å²) in [4.78, 5) is 13.9. The minimum Gasteiger partial charge on any atom is -0.376 e. The van der Waals surface area contributed by atoms with Crippen LogP contribution in [0.4, 0.5) is 5.95 Å². The molecule has 7 nitrogen and oxygen atoms in total. The molecule has 2 aromatic rings. The van der Waals surface area contributed by atoms with Crippen LogP contribution >= 0.6 is 12.2 Å². The Labute approximate surface area is 182 Å². The van der Waals surface area contributed by atoms with E-state index in [9.17, 15) is 0 Å². The molecule has 1 saturated heterocycles. The van der Waals surface area contributed by atoms with Crippen LogP contribution in [0.2, 0.25) is 0 Å². The number of thiocarbonyl (C=S) groups is 1. The van der Waals surface area contributed by atoms with E-state index in [1.165, 1.54) is 11.1 Å². The SMILES string of the molecule is Cc1cc(C)nc(NC(=NC2Cc3ccccc3C2)NC(=S)NCC2CCCO2)n1. The van der Waals surface area contributed by atoms with Crippen LogP contribution < -0.4 is 16.0 Å². The van der Waals surface area contributed by atoms with Crippen molar-refractivity contribution in [3.8, 4) is 0 Å². The summed E-state index contributed by atoms with van der Waals surface area (Å²) >= 11 is 5.50. The number of aliphatic imine (C=N–C) groups is 1. The van der Waals surface area contributed by atoms with E-state index in [0.717, 1.165) is 43.7 Å². The van der Waals surface area contributed by atoms with Gasteiger partial charge < -0.3 is 15.4 Å².